The maximum Gasteiger partial charge on any atom is 0.416 e. The van der Waals surface area contributed by atoms with Crippen LogP contribution in [0, 0.1) is 0 Å². The van der Waals surface area contributed by atoms with Crippen LogP contribution in [-0.4, -0.2) is 11.5 Å². The molecule has 0 atom stereocenters. The first kappa shape index (κ1) is 15.9. The van der Waals surface area contributed by atoms with Crippen LogP contribution in [0.1, 0.15) is 15.9 Å². The van der Waals surface area contributed by atoms with E-state index in [-0.39, 0.29) is 17.1 Å². The molecule has 0 aliphatic heterocycles. The molecule has 6 heteroatoms. The van der Waals surface area contributed by atoms with Crippen molar-refractivity contribution in [2.24, 2.45) is 0 Å². The van der Waals surface area contributed by atoms with Crippen LogP contribution in [0.5, 0.6) is 0 Å². The number of Topliss-reactive ketones (excluding diaryl/α,β-unsaturated/α-hetero) is 1. The second-order valence-corrected chi connectivity index (χ2v) is 5.73. The molecule has 0 fully saturated rings. The molecule has 2 aromatic carbocycles. The van der Waals surface area contributed by atoms with Crippen LogP contribution in [0.2, 0.25) is 5.02 Å². The second kappa shape index (κ2) is 6.54. The predicted molar refractivity (Wildman–Crippen MR) is 78.0 cm³/mol. The summed E-state index contributed by atoms with van der Waals surface area (Å²) in [6.07, 6.45) is -4.39. The fourth-order valence-electron chi connectivity index (χ4n) is 1.63. The molecule has 110 valence electrons. The zero-order valence-corrected chi connectivity index (χ0v) is 12.2. The monoisotopic (exact) mass is 330 g/mol. The van der Waals surface area contributed by atoms with Gasteiger partial charge in [0.05, 0.1) is 11.3 Å². The lowest BCUT2D eigenvalue weighted by molar-refractivity contribution is -0.137. The summed E-state index contributed by atoms with van der Waals surface area (Å²) < 4.78 is 37.3. The van der Waals surface area contributed by atoms with E-state index in [4.69, 9.17) is 11.6 Å². The maximum atomic E-state index is 12.4. The molecule has 2 aromatic rings. The minimum atomic E-state index is -4.39. The Kier molecular flexibility index (Phi) is 4.96. The molecular formula is C15H10ClF3OS. The Balaban J connectivity index is 2.00. The predicted octanol–water partition coefficient (Wildman–Crippen LogP) is 5.33. The van der Waals surface area contributed by atoms with Crippen molar-refractivity contribution >= 4 is 29.1 Å². The summed E-state index contributed by atoms with van der Waals surface area (Å²) in [6.45, 7) is 0. The van der Waals surface area contributed by atoms with Gasteiger partial charge in [-0.1, -0.05) is 29.8 Å². The van der Waals surface area contributed by atoms with Crippen molar-refractivity contribution in [3.8, 4) is 0 Å². The van der Waals surface area contributed by atoms with Crippen LogP contribution in [0.15, 0.2) is 53.4 Å². The first-order valence-electron chi connectivity index (χ1n) is 5.95. The maximum absolute atomic E-state index is 12.4. The first-order chi connectivity index (χ1) is 9.86. The van der Waals surface area contributed by atoms with E-state index >= 15 is 0 Å². The molecule has 0 aliphatic rings. The Hall–Kier alpha value is -1.46. The number of rotatable bonds is 4. The fraction of sp³-hybridized carbons (Fsp3) is 0.133. The van der Waals surface area contributed by atoms with Gasteiger partial charge in [-0.2, -0.15) is 13.2 Å². The van der Waals surface area contributed by atoms with Gasteiger partial charge in [-0.25, -0.2) is 0 Å². The van der Waals surface area contributed by atoms with E-state index in [1.165, 1.54) is 23.9 Å². The van der Waals surface area contributed by atoms with E-state index < -0.39 is 11.7 Å². The topological polar surface area (TPSA) is 17.1 Å². The Morgan fingerprint density at radius 2 is 1.76 bits per heavy atom. The van der Waals surface area contributed by atoms with Gasteiger partial charge in [-0.05, 0) is 30.3 Å². The number of carbonyl (C=O) groups is 1. The van der Waals surface area contributed by atoms with Gasteiger partial charge >= 0.3 is 6.18 Å². The summed E-state index contributed by atoms with van der Waals surface area (Å²) >= 11 is 7.12. The number of alkyl halides is 3. The molecule has 0 unspecified atom stereocenters. The first-order valence-corrected chi connectivity index (χ1v) is 7.31. The van der Waals surface area contributed by atoms with Crippen molar-refractivity contribution in [3.63, 3.8) is 0 Å². The van der Waals surface area contributed by atoms with Crippen LogP contribution in [-0.2, 0) is 6.18 Å². The lowest BCUT2D eigenvalue weighted by atomic mass is 10.1. The number of carbonyl (C=O) groups excluding carboxylic acids is 1. The zero-order valence-electron chi connectivity index (χ0n) is 10.7. The van der Waals surface area contributed by atoms with Crippen LogP contribution < -0.4 is 0 Å². The molecule has 0 aliphatic carbocycles. The molecule has 0 saturated heterocycles. The molecule has 0 radical (unpaired) electrons. The number of hydrogen-bond acceptors (Lipinski definition) is 2. The highest BCUT2D eigenvalue weighted by molar-refractivity contribution is 8.00. The summed E-state index contributed by atoms with van der Waals surface area (Å²) in [6, 6.07) is 11.3. The average molecular weight is 331 g/mol. The van der Waals surface area contributed by atoms with Gasteiger partial charge in [0.1, 0.15) is 0 Å². The molecule has 1 nitrogen and oxygen atoms in total. The molecular weight excluding hydrogens is 321 g/mol. The lowest BCUT2D eigenvalue weighted by Gasteiger charge is -2.07. The summed E-state index contributed by atoms with van der Waals surface area (Å²) in [5.74, 6) is -0.0835. The molecule has 0 amide bonds. The molecule has 0 saturated carbocycles. The van der Waals surface area contributed by atoms with Crippen LogP contribution in [0.3, 0.4) is 0 Å². The highest BCUT2D eigenvalue weighted by atomic mass is 35.5. The molecule has 0 spiro atoms. The van der Waals surface area contributed by atoms with E-state index in [1.54, 1.807) is 18.2 Å². The van der Waals surface area contributed by atoms with Crippen molar-refractivity contribution in [2.75, 3.05) is 5.75 Å². The summed E-state index contributed by atoms with van der Waals surface area (Å²) in [5, 5.41) is 0.571. The van der Waals surface area contributed by atoms with Gasteiger partial charge in [-0.3, -0.25) is 4.79 Å². The number of halogens is 4. The normalized spacial score (nSPS) is 11.4. The van der Waals surface area contributed by atoms with Crippen molar-refractivity contribution < 1.29 is 18.0 Å². The third kappa shape index (κ3) is 4.51. The Labute approximate surface area is 129 Å². The minimum absolute atomic E-state index is 0.145. The Morgan fingerprint density at radius 1 is 1.10 bits per heavy atom. The minimum Gasteiger partial charge on any atom is -0.293 e. The summed E-state index contributed by atoms with van der Waals surface area (Å²) in [7, 11) is 0. The highest BCUT2D eigenvalue weighted by Gasteiger charge is 2.30. The van der Waals surface area contributed by atoms with Crippen LogP contribution >= 0.6 is 23.4 Å². The molecule has 2 rings (SSSR count). The molecule has 0 N–H and O–H groups in total. The smallest absolute Gasteiger partial charge is 0.293 e. The van der Waals surface area contributed by atoms with Crippen molar-refractivity contribution in [1.29, 1.82) is 0 Å². The highest BCUT2D eigenvalue weighted by Crippen LogP contribution is 2.29. The van der Waals surface area contributed by atoms with E-state index in [0.29, 0.717) is 5.02 Å². The van der Waals surface area contributed by atoms with Crippen molar-refractivity contribution in [1.82, 2.24) is 0 Å². The SMILES string of the molecule is O=C(CSc1cccc(Cl)c1)c1ccc(C(F)(F)F)cc1. The lowest BCUT2D eigenvalue weighted by Crippen LogP contribution is -2.07. The van der Waals surface area contributed by atoms with Crippen molar-refractivity contribution in [2.45, 2.75) is 11.1 Å². The van der Waals surface area contributed by atoms with Crippen LogP contribution in [0.4, 0.5) is 13.2 Å². The fourth-order valence-corrected chi connectivity index (χ4v) is 2.74. The summed E-state index contributed by atoms with van der Waals surface area (Å²) in [4.78, 5) is 12.8. The number of hydrogen-bond donors (Lipinski definition) is 0. The molecule has 21 heavy (non-hydrogen) atoms. The second-order valence-electron chi connectivity index (χ2n) is 4.24. The third-order valence-electron chi connectivity index (χ3n) is 2.70. The van der Waals surface area contributed by atoms with Gasteiger partial charge in [0.2, 0.25) is 0 Å². The summed E-state index contributed by atoms with van der Waals surface area (Å²) in [5.41, 5.74) is -0.501. The quantitative estimate of drug-likeness (QED) is 0.556. The molecule has 0 bridgehead atoms. The number of thioether (sulfide) groups is 1. The zero-order chi connectivity index (χ0) is 15.5. The Morgan fingerprint density at radius 3 is 2.33 bits per heavy atom. The van der Waals surface area contributed by atoms with Gasteiger partial charge in [-0.15, -0.1) is 11.8 Å². The number of benzene rings is 2. The van der Waals surface area contributed by atoms with Crippen molar-refractivity contribution in [3.05, 3.63) is 64.7 Å². The molecule has 0 heterocycles. The van der Waals surface area contributed by atoms with Gasteiger partial charge in [0.15, 0.2) is 5.78 Å². The average Bonchev–Trinajstić information content (AvgIpc) is 2.44. The van der Waals surface area contributed by atoms with E-state index in [2.05, 4.69) is 0 Å². The molecule has 0 aromatic heterocycles. The van der Waals surface area contributed by atoms with Gasteiger partial charge < -0.3 is 0 Å². The van der Waals surface area contributed by atoms with E-state index in [9.17, 15) is 18.0 Å². The Bertz CT molecular complexity index is 638. The van der Waals surface area contributed by atoms with Gasteiger partial charge in [0.25, 0.3) is 0 Å². The standard InChI is InChI=1S/C15H10ClF3OS/c16-12-2-1-3-13(8-12)21-9-14(20)10-4-6-11(7-5-10)15(17,18)19/h1-8H,9H2. The van der Waals surface area contributed by atoms with E-state index in [0.717, 1.165) is 17.0 Å². The van der Waals surface area contributed by atoms with Gasteiger partial charge in [0, 0.05) is 15.5 Å². The third-order valence-corrected chi connectivity index (χ3v) is 3.93. The van der Waals surface area contributed by atoms with Crippen LogP contribution in [0.25, 0.3) is 0 Å². The number of ketones is 1. The largest absolute Gasteiger partial charge is 0.416 e. The van der Waals surface area contributed by atoms with E-state index in [1.807, 2.05) is 6.07 Å².